The van der Waals surface area contributed by atoms with E-state index in [1.807, 2.05) is 37.6 Å². The number of rotatable bonds is 5. The molecule has 0 aliphatic carbocycles. The van der Waals surface area contributed by atoms with Crippen LogP contribution in [0.4, 0.5) is 0 Å². The summed E-state index contributed by atoms with van der Waals surface area (Å²) in [6.07, 6.45) is 3.27. The van der Waals surface area contributed by atoms with Crippen molar-refractivity contribution in [2.24, 2.45) is 0 Å². The molecule has 0 amide bonds. The van der Waals surface area contributed by atoms with Gasteiger partial charge in [-0.05, 0) is 52.8 Å². The Bertz CT molecular complexity index is 1320. The van der Waals surface area contributed by atoms with Crippen molar-refractivity contribution in [2.45, 2.75) is 45.8 Å². The molecule has 0 bridgehead atoms. The smallest absolute Gasteiger partial charge is 0.201 e. The lowest BCUT2D eigenvalue weighted by atomic mass is 10.1. The Morgan fingerprint density at radius 1 is 1.21 bits per heavy atom. The van der Waals surface area contributed by atoms with Gasteiger partial charge in [-0.3, -0.25) is 4.40 Å². The van der Waals surface area contributed by atoms with E-state index in [4.69, 9.17) is 4.74 Å². The number of hydrogen-bond donors (Lipinski definition) is 1. The number of fused-ring (bicyclic) bond motifs is 1. The number of nitrogens with zero attached hydrogens (tertiary/aromatic N) is 8. The number of piperidine rings is 1. The van der Waals surface area contributed by atoms with E-state index >= 15 is 0 Å². The fraction of sp³-hybridized carbons (Fsp3) is 0.429. The molecule has 1 fully saturated rings. The van der Waals surface area contributed by atoms with Crippen molar-refractivity contribution < 1.29 is 4.74 Å². The maximum atomic E-state index is 9.56. The first-order valence-electron chi connectivity index (χ1n) is 10.6. The first kappa shape index (κ1) is 23.1. The maximum Gasteiger partial charge on any atom is 0.201 e. The van der Waals surface area contributed by atoms with Gasteiger partial charge in [0.1, 0.15) is 28.1 Å². The van der Waals surface area contributed by atoms with Crippen molar-refractivity contribution in [3.63, 3.8) is 0 Å². The molecular formula is C21H24ClN9OS. The maximum absolute atomic E-state index is 9.56. The van der Waals surface area contributed by atoms with Crippen LogP contribution in [0, 0.1) is 25.2 Å². The van der Waals surface area contributed by atoms with Crippen molar-refractivity contribution in [1.29, 1.82) is 5.26 Å². The number of imidazole rings is 1. The van der Waals surface area contributed by atoms with Gasteiger partial charge in [-0.15, -0.1) is 27.7 Å². The summed E-state index contributed by atoms with van der Waals surface area (Å²) in [7, 11) is 0. The van der Waals surface area contributed by atoms with Crippen molar-refractivity contribution in [2.75, 3.05) is 13.1 Å². The number of nitriles is 1. The molecule has 1 N–H and O–H groups in total. The van der Waals surface area contributed by atoms with Crippen LogP contribution in [0.25, 0.3) is 16.9 Å². The predicted molar refractivity (Wildman–Crippen MR) is 126 cm³/mol. The van der Waals surface area contributed by atoms with Crippen LogP contribution in [0.1, 0.15) is 53.3 Å². The first-order valence-corrected chi connectivity index (χ1v) is 11.4. The number of ether oxygens (including phenoxy) is 1. The summed E-state index contributed by atoms with van der Waals surface area (Å²) in [4.78, 5) is 4.42. The van der Waals surface area contributed by atoms with Crippen LogP contribution in [0.2, 0.25) is 0 Å². The van der Waals surface area contributed by atoms with Crippen molar-refractivity contribution in [1.82, 2.24) is 39.9 Å². The zero-order valence-corrected chi connectivity index (χ0v) is 20.2. The largest absolute Gasteiger partial charge is 0.468 e. The molecule has 5 rings (SSSR count). The number of pyridine rings is 1. The number of hydrogen-bond acceptors (Lipinski definition) is 9. The number of aromatic nitrogens is 7. The fourth-order valence-electron chi connectivity index (χ4n) is 4.09. The highest BCUT2D eigenvalue weighted by molar-refractivity contribution is 7.11. The molecule has 12 heteroatoms. The van der Waals surface area contributed by atoms with Crippen LogP contribution in [0.3, 0.4) is 0 Å². The van der Waals surface area contributed by atoms with Gasteiger partial charge in [-0.25, -0.2) is 9.67 Å². The third-order valence-electron chi connectivity index (χ3n) is 5.73. The van der Waals surface area contributed by atoms with E-state index in [-0.39, 0.29) is 18.5 Å². The topological polar surface area (TPSA) is 119 Å². The van der Waals surface area contributed by atoms with Crippen LogP contribution >= 0.6 is 23.7 Å². The molecule has 0 unspecified atom stereocenters. The van der Waals surface area contributed by atoms with Gasteiger partial charge in [0.15, 0.2) is 11.1 Å². The molecule has 4 aromatic rings. The van der Waals surface area contributed by atoms with E-state index in [1.54, 1.807) is 10.6 Å². The Morgan fingerprint density at radius 3 is 2.70 bits per heavy atom. The lowest BCUT2D eigenvalue weighted by molar-refractivity contribution is 0.213. The average molecular weight is 486 g/mol. The van der Waals surface area contributed by atoms with E-state index in [0.29, 0.717) is 23.3 Å². The van der Waals surface area contributed by atoms with Gasteiger partial charge in [0.05, 0.1) is 17.9 Å². The van der Waals surface area contributed by atoms with Gasteiger partial charge in [0, 0.05) is 11.6 Å². The van der Waals surface area contributed by atoms with Gasteiger partial charge >= 0.3 is 0 Å². The number of halogens is 1. The Kier molecular flexibility index (Phi) is 6.60. The summed E-state index contributed by atoms with van der Waals surface area (Å²) in [5, 5.41) is 31.8. The summed E-state index contributed by atoms with van der Waals surface area (Å²) in [5.41, 5.74) is 3.66. The number of nitrogens with one attached hydrogen (secondary N) is 1. The Hall–Kier alpha value is -3.07. The molecule has 0 spiro atoms. The molecular weight excluding hydrogens is 462 g/mol. The van der Waals surface area contributed by atoms with E-state index in [2.05, 4.69) is 36.9 Å². The van der Waals surface area contributed by atoms with Crippen molar-refractivity contribution in [3.05, 3.63) is 39.7 Å². The van der Waals surface area contributed by atoms with Gasteiger partial charge in [0.25, 0.3) is 0 Å². The number of aryl methyl sites for hydroxylation is 1. The van der Waals surface area contributed by atoms with Gasteiger partial charge in [-0.1, -0.05) is 16.6 Å². The monoisotopic (exact) mass is 485 g/mol. The molecule has 10 nitrogen and oxygen atoms in total. The molecule has 1 aliphatic rings. The molecule has 33 heavy (non-hydrogen) atoms. The molecule has 4 aromatic heterocycles. The standard InChI is InChI=1S/C21H23N9OS.ClH/c1-12-20(26-28-30(12)16-4-6-23-7-5-16)15-8-18-24-11-17(10-22)29(18)19(9-15)31-13(2)21-27-25-14(3)32-21;/h8-9,11,13,16,23H,4-7H2,1-3H3;1H/t13-;/m1./s1. The molecule has 1 aliphatic heterocycles. The summed E-state index contributed by atoms with van der Waals surface area (Å²) in [6, 6.07) is 6.33. The van der Waals surface area contributed by atoms with Crippen LogP contribution in [-0.4, -0.2) is 47.7 Å². The molecule has 0 radical (unpaired) electrons. The van der Waals surface area contributed by atoms with Crippen molar-refractivity contribution in [3.8, 4) is 23.2 Å². The highest BCUT2D eigenvalue weighted by Crippen LogP contribution is 2.32. The Balaban J connectivity index is 0.00000259. The SMILES string of the molecule is Cc1nnc([C@@H](C)Oc2cc(-c3nnn(C4CCNCC4)c3C)cc3ncc(C#N)n23)s1.Cl. The lowest BCUT2D eigenvalue weighted by Gasteiger charge is -2.23. The van der Waals surface area contributed by atoms with Crippen LogP contribution in [0.5, 0.6) is 5.88 Å². The normalized spacial score (nSPS) is 15.2. The molecule has 0 aromatic carbocycles. The second-order valence-electron chi connectivity index (χ2n) is 7.90. The summed E-state index contributed by atoms with van der Waals surface area (Å²) in [6.45, 7) is 7.83. The summed E-state index contributed by atoms with van der Waals surface area (Å²) >= 11 is 1.49. The molecule has 0 saturated carbocycles. The third kappa shape index (κ3) is 4.29. The summed E-state index contributed by atoms with van der Waals surface area (Å²) in [5.74, 6) is 0.503. The molecule has 1 saturated heterocycles. The van der Waals surface area contributed by atoms with Crippen molar-refractivity contribution >= 4 is 29.4 Å². The third-order valence-corrected chi connectivity index (χ3v) is 6.73. The lowest BCUT2D eigenvalue weighted by Crippen LogP contribution is -2.30. The molecule has 1 atom stereocenters. The second-order valence-corrected chi connectivity index (χ2v) is 9.11. The fourth-order valence-corrected chi connectivity index (χ4v) is 4.77. The van der Waals surface area contributed by atoms with Crippen LogP contribution < -0.4 is 10.1 Å². The molecule has 5 heterocycles. The summed E-state index contributed by atoms with van der Waals surface area (Å²) < 4.78 is 10.0. The minimum absolute atomic E-state index is 0. The quantitative estimate of drug-likeness (QED) is 0.456. The highest BCUT2D eigenvalue weighted by atomic mass is 35.5. The zero-order valence-electron chi connectivity index (χ0n) is 18.5. The van der Waals surface area contributed by atoms with Crippen LogP contribution in [-0.2, 0) is 0 Å². The van der Waals surface area contributed by atoms with Gasteiger partial charge < -0.3 is 10.1 Å². The minimum atomic E-state index is -0.333. The predicted octanol–water partition coefficient (Wildman–Crippen LogP) is 3.42. The Labute approximate surface area is 201 Å². The van der Waals surface area contributed by atoms with E-state index in [0.717, 1.165) is 52.9 Å². The second kappa shape index (κ2) is 9.43. The minimum Gasteiger partial charge on any atom is -0.468 e. The van der Waals surface area contributed by atoms with Gasteiger partial charge in [0.2, 0.25) is 5.88 Å². The highest BCUT2D eigenvalue weighted by Gasteiger charge is 2.23. The average Bonchev–Trinajstić information content (AvgIpc) is 3.52. The van der Waals surface area contributed by atoms with E-state index in [9.17, 15) is 5.26 Å². The zero-order chi connectivity index (χ0) is 22.2. The first-order chi connectivity index (χ1) is 15.5. The van der Waals surface area contributed by atoms with Crippen LogP contribution in [0.15, 0.2) is 18.3 Å². The van der Waals surface area contributed by atoms with Gasteiger partial charge in [-0.2, -0.15) is 5.26 Å². The van der Waals surface area contributed by atoms with E-state index < -0.39 is 0 Å². The molecule has 172 valence electrons. The van der Waals surface area contributed by atoms with E-state index in [1.165, 1.54) is 11.3 Å². The Morgan fingerprint density at radius 2 is 2.00 bits per heavy atom.